The number of oxime groups is 1. The fourth-order valence-electron chi connectivity index (χ4n) is 1.99. The molecule has 1 heterocycles. The van der Waals surface area contributed by atoms with Gasteiger partial charge in [0.25, 0.3) is 0 Å². The molecule has 19 heavy (non-hydrogen) atoms. The molecule has 0 saturated heterocycles. The zero-order valence-electron chi connectivity index (χ0n) is 11.5. The van der Waals surface area contributed by atoms with Crippen LogP contribution in [0, 0.1) is 0 Å². The summed E-state index contributed by atoms with van der Waals surface area (Å²) >= 11 is 0. The summed E-state index contributed by atoms with van der Waals surface area (Å²) in [5.74, 6) is 0. The van der Waals surface area contributed by atoms with Gasteiger partial charge in [0, 0.05) is 13.1 Å². The molecular weight excluding hydrogens is 236 g/mol. The van der Waals surface area contributed by atoms with E-state index < -0.39 is 0 Å². The molecule has 0 unspecified atom stereocenters. The quantitative estimate of drug-likeness (QED) is 0.596. The van der Waals surface area contributed by atoms with Crippen molar-refractivity contribution in [2.45, 2.75) is 20.4 Å². The van der Waals surface area contributed by atoms with Gasteiger partial charge in [0.2, 0.25) is 0 Å². The monoisotopic (exact) mass is 256 g/mol. The van der Waals surface area contributed by atoms with E-state index in [0.717, 1.165) is 18.8 Å². The van der Waals surface area contributed by atoms with Gasteiger partial charge < -0.3 is 9.74 Å². The Balaban J connectivity index is 1.97. The van der Waals surface area contributed by atoms with Crippen LogP contribution >= 0.6 is 0 Å². The summed E-state index contributed by atoms with van der Waals surface area (Å²) < 4.78 is 0. The lowest BCUT2D eigenvalue weighted by Gasteiger charge is -2.24. The van der Waals surface area contributed by atoms with E-state index in [-0.39, 0.29) is 0 Å². The molecule has 0 amide bonds. The minimum Gasteiger partial charge on any atom is -0.396 e. The van der Waals surface area contributed by atoms with Crippen molar-refractivity contribution in [2.24, 2.45) is 5.16 Å². The highest BCUT2D eigenvalue weighted by molar-refractivity contribution is 5.98. The molecular formula is C16H20N2O. The van der Waals surface area contributed by atoms with Crippen molar-refractivity contribution in [1.29, 1.82) is 0 Å². The average Bonchev–Trinajstić information content (AvgIpc) is 2.46. The van der Waals surface area contributed by atoms with Crippen LogP contribution in [0.5, 0.6) is 0 Å². The summed E-state index contributed by atoms with van der Waals surface area (Å²) in [6.07, 6.45) is 6.27. The van der Waals surface area contributed by atoms with Crippen LogP contribution in [0.2, 0.25) is 0 Å². The third-order valence-corrected chi connectivity index (χ3v) is 2.99. The van der Waals surface area contributed by atoms with Gasteiger partial charge in [-0.25, -0.2) is 0 Å². The number of hydrogen-bond donors (Lipinski definition) is 0. The van der Waals surface area contributed by atoms with Crippen LogP contribution in [0.25, 0.3) is 0 Å². The van der Waals surface area contributed by atoms with Crippen molar-refractivity contribution >= 4 is 5.71 Å². The maximum Gasteiger partial charge on any atom is 0.114 e. The van der Waals surface area contributed by atoms with E-state index in [1.165, 1.54) is 11.1 Å². The van der Waals surface area contributed by atoms with Crippen molar-refractivity contribution in [3.8, 4) is 0 Å². The number of allylic oxidation sites excluding steroid dienone is 2. The number of hydrogen-bond acceptors (Lipinski definition) is 3. The Morgan fingerprint density at radius 3 is 2.84 bits per heavy atom. The molecule has 3 nitrogen and oxygen atoms in total. The van der Waals surface area contributed by atoms with Gasteiger partial charge >= 0.3 is 0 Å². The molecule has 0 saturated carbocycles. The van der Waals surface area contributed by atoms with Crippen molar-refractivity contribution in [1.82, 2.24) is 4.90 Å². The predicted molar refractivity (Wildman–Crippen MR) is 78.8 cm³/mol. The zero-order valence-corrected chi connectivity index (χ0v) is 11.5. The van der Waals surface area contributed by atoms with Crippen LogP contribution in [0.15, 0.2) is 59.4 Å². The van der Waals surface area contributed by atoms with Gasteiger partial charge in [-0.05, 0) is 37.3 Å². The van der Waals surface area contributed by atoms with Crippen molar-refractivity contribution < 1.29 is 4.84 Å². The summed E-state index contributed by atoms with van der Waals surface area (Å²) in [5, 5.41) is 4.10. The SMILES string of the molecule is CCON=C(C)C1=CC=CN(Cc2ccccc2)C1. The van der Waals surface area contributed by atoms with Crippen LogP contribution in [0.3, 0.4) is 0 Å². The average molecular weight is 256 g/mol. The Labute approximate surface area is 114 Å². The molecule has 3 heteroatoms. The maximum absolute atomic E-state index is 5.11. The van der Waals surface area contributed by atoms with E-state index >= 15 is 0 Å². The second-order valence-corrected chi connectivity index (χ2v) is 4.52. The van der Waals surface area contributed by atoms with Gasteiger partial charge in [-0.15, -0.1) is 0 Å². The van der Waals surface area contributed by atoms with E-state index in [0.29, 0.717) is 6.61 Å². The first kappa shape index (κ1) is 13.4. The smallest absolute Gasteiger partial charge is 0.114 e. The van der Waals surface area contributed by atoms with Crippen LogP contribution in [-0.4, -0.2) is 23.8 Å². The predicted octanol–water partition coefficient (Wildman–Crippen LogP) is 3.35. The number of nitrogens with zero attached hydrogens (tertiary/aromatic N) is 2. The second kappa shape index (κ2) is 6.78. The van der Waals surface area contributed by atoms with Crippen LogP contribution in [-0.2, 0) is 11.4 Å². The Hall–Kier alpha value is -2.03. The fourth-order valence-corrected chi connectivity index (χ4v) is 1.99. The second-order valence-electron chi connectivity index (χ2n) is 4.52. The first-order valence-electron chi connectivity index (χ1n) is 6.62. The third-order valence-electron chi connectivity index (χ3n) is 2.99. The molecule has 0 N–H and O–H groups in total. The molecule has 0 radical (unpaired) electrons. The maximum atomic E-state index is 5.11. The molecule has 1 aromatic carbocycles. The normalized spacial score (nSPS) is 15.4. The lowest BCUT2D eigenvalue weighted by Crippen LogP contribution is -2.24. The van der Waals surface area contributed by atoms with Gasteiger partial charge in [-0.2, -0.15) is 0 Å². The molecule has 0 aromatic heterocycles. The van der Waals surface area contributed by atoms with Crippen molar-refractivity contribution in [3.63, 3.8) is 0 Å². The van der Waals surface area contributed by atoms with E-state index in [9.17, 15) is 0 Å². The van der Waals surface area contributed by atoms with E-state index in [1.807, 2.05) is 19.9 Å². The fraction of sp³-hybridized carbons (Fsp3) is 0.312. The molecule has 1 aromatic rings. The van der Waals surface area contributed by atoms with Gasteiger partial charge in [0.05, 0.1) is 5.71 Å². The number of benzene rings is 1. The molecule has 2 rings (SSSR count). The molecule has 100 valence electrons. The summed E-state index contributed by atoms with van der Waals surface area (Å²) in [7, 11) is 0. The van der Waals surface area contributed by atoms with Gasteiger partial charge in [0.1, 0.15) is 6.61 Å². The molecule has 0 atom stereocenters. The van der Waals surface area contributed by atoms with Crippen LogP contribution in [0.4, 0.5) is 0 Å². The Kier molecular flexibility index (Phi) is 4.78. The van der Waals surface area contributed by atoms with Crippen LogP contribution < -0.4 is 0 Å². The standard InChI is InChI=1S/C16H20N2O/c1-3-19-17-14(2)16-10-7-11-18(13-16)12-15-8-5-4-6-9-15/h4-11H,3,12-13H2,1-2H3. The number of rotatable bonds is 5. The van der Waals surface area contributed by atoms with E-state index in [1.54, 1.807) is 0 Å². The lowest BCUT2D eigenvalue weighted by atomic mass is 10.1. The third kappa shape index (κ3) is 3.98. The zero-order chi connectivity index (χ0) is 13.5. The minimum absolute atomic E-state index is 0.605. The molecule has 1 aliphatic heterocycles. The molecule has 0 spiro atoms. The summed E-state index contributed by atoms with van der Waals surface area (Å²) in [5.41, 5.74) is 3.46. The Bertz CT molecular complexity index is 489. The van der Waals surface area contributed by atoms with Gasteiger partial charge in [-0.1, -0.05) is 41.6 Å². The minimum atomic E-state index is 0.605. The molecule has 0 fully saturated rings. The molecule has 0 bridgehead atoms. The van der Waals surface area contributed by atoms with Crippen LogP contribution in [0.1, 0.15) is 19.4 Å². The first-order valence-corrected chi connectivity index (χ1v) is 6.62. The highest BCUT2D eigenvalue weighted by Crippen LogP contribution is 2.13. The van der Waals surface area contributed by atoms with Gasteiger partial charge in [0.15, 0.2) is 0 Å². The van der Waals surface area contributed by atoms with Gasteiger partial charge in [-0.3, -0.25) is 0 Å². The lowest BCUT2D eigenvalue weighted by molar-refractivity contribution is 0.158. The first-order chi connectivity index (χ1) is 9.29. The molecule has 0 aliphatic carbocycles. The Morgan fingerprint density at radius 2 is 2.11 bits per heavy atom. The summed E-state index contributed by atoms with van der Waals surface area (Å²) in [6.45, 7) is 6.31. The molecule has 1 aliphatic rings. The topological polar surface area (TPSA) is 24.8 Å². The van der Waals surface area contributed by atoms with E-state index in [2.05, 4.69) is 52.7 Å². The largest absolute Gasteiger partial charge is 0.396 e. The van der Waals surface area contributed by atoms with Crippen molar-refractivity contribution in [2.75, 3.05) is 13.2 Å². The summed E-state index contributed by atoms with van der Waals surface area (Å²) in [6, 6.07) is 10.5. The summed E-state index contributed by atoms with van der Waals surface area (Å²) in [4.78, 5) is 7.38. The van der Waals surface area contributed by atoms with Crippen molar-refractivity contribution in [3.05, 3.63) is 59.8 Å². The highest BCUT2D eigenvalue weighted by Gasteiger charge is 2.10. The Morgan fingerprint density at radius 1 is 1.32 bits per heavy atom. The highest BCUT2D eigenvalue weighted by atomic mass is 16.6. The van der Waals surface area contributed by atoms with E-state index in [4.69, 9.17) is 4.84 Å².